The van der Waals surface area contributed by atoms with Crippen molar-refractivity contribution in [3.8, 4) is 5.69 Å². The second-order valence-electron chi connectivity index (χ2n) is 6.98. The van der Waals surface area contributed by atoms with E-state index in [1.165, 1.54) is 0 Å². The van der Waals surface area contributed by atoms with E-state index in [9.17, 15) is 9.59 Å². The van der Waals surface area contributed by atoms with Crippen molar-refractivity contribution in [1.82, 2.24) is 9.55 Å². The van der Waals surface area contributed by atoms with Gasteiger partial charge in [-0.2, -0.15) is 0 Å². The molecule has 0 saturated heterocycles. The van der Waals surface area contributed by atoms with Gasteiger partial charge in [0.25, 0.3) is 0 Å². The van der Waals surface area contributed by atoms with Crippen molar-refractivity contribution in [2.24, 2.45) is 0 Å². The van der Waals surface area contributed by atoms with Crippen LogP contribution in [0.3, 0.4) is 0 Å². The van der Waals surface area contributed by atoms with Crippen molar-refractivity contribution in [2.45, 2.75) is 12.3 Å². The third-order valence-corrected chi connectivity index (χ3v) is 5.13. The standard InChI is InChI=1S/C23H18N4O2/c28-21-14-17(16-10-4-5-11-18(16)24-21)22(29)26-23-25-19-12-6-7-13-20(19)27(23)15-8-2-1-3-9-15/h1-13,17H,14H2,(H,24,28)(H,25,26,29). The molecule has 0 spiro atoms. The van der Waals surface area contributed by atoms with E-state index in [1.807, 2.05) is 83.4 Å². The lowest BCUT2D eigenvalue weighted by Gasteiger charge is -2.24. The molecule has 0 fully saturated rings. The van der Waals surface area contributed by atoms with Gasteiger partial charge in [0.05, 0.1) is 17.0 Å². The highest BCUT2D eigenvalue weighted by Gasteiger charge is 2.31. The highest BCUT2D eigenvalue weighted by atomic mass is 16.2. The predicted octanol–water partition coefficient (Wildman–Crippen LogP) is 4.09. The highest BCUT2D eigenvalue weighted by Crippen LogP contribution is 2.33. The summed E-state index contributed by atoms with van der Waals surface area (Å²) in [6.45, 7) is 0. The first-order valence-corrected chi connectivity index (χ1v) is 9.43. The number of amides is 2. The smallest absolute Gasteiger partial charge is 0.234 e. The van der Waals surface area contributed by atoms with E-state index in [-0.39, 0.29) is 18.2 Å². The SMILES string of the molecule is O=C1CC(C(=O)Nc2nc3ccccc3n2-c2ccccc2)c2ccccc2N1. The van der Waals surface area contributed by atoms with E-state index in [1.54, 1.807) is 0 Å². The van der Waals surface area contributed by atoms with Crippen LogP contribution >= 0.6 is 0 Å². The van der Waals surface area contributed by atoms with Crippen LogP contribution in [0, 0.1) is 0 Å². The second-order valence-corrected chi connectivity index (χ2v) is 6.98. The first-order chi connectivity index (χ1) is 14.2. The van der Waals surface area contributed by atoms with Gasteiger partial charge >= 0.3 is 0 Å². The van der Waals surface area contributed by atoms with Crippen LogP contribution in [0.5, 0.6) is 0 Å². The molecule has 6 nitrogen and oxygen atoms in total. The molecule has 0 bridgehead atoms. The number of imidazole rings is 1. The van der Waals surface area contributed by atoms with Crippen LogP contribution in [0.15, 0.2) is 78.9 Å². The number of para-hydroxylation sites is 4. The molecule has 1 aliphatic rings. The van der Waals surface area contributed by atoms with E-state index < -0.39 is 5.92 Å². The summed E-state index contributed by atoms with van der Waals surface area (Å²) in [6.07, 6.45) is 0.106. The monoisotopic (exact) mass is 382 g/mol. The number of hydrogen-bond donors (Lipinski definition) is 2. The summed E-state index contributed by atoms with van der Waals surface area (Å²) < 4.78 is 1.92. The quantitative estimate of drug-likeness (QED) is 0.560. The Morgan fingerprint density at radius 2 is 1.69 bits per heavy atom. The average Bonchev–Trinajstić information content (AvgIpc) is 3.11. The van der Waals surface area contributed by atoms with Gasteiger partial charge in [-0.15, -0.1) is 0 Å². The summed E-state index contributed by atoms with van der Waals surface area (Å²) in [5.74, 6) is -0.546. The molecule has 1 unspecified atom stereocenters. The summed E-state index contributed by atoms with van der Waals surface area (Å²) in [5, 5.41) is 5.79. The highest BCUT2D eigenvalue weighted by molar-refractivity contribution is 6.05. The Kier molecular flexibility index (Phi) is 4.09. The number of hydrogen-bond acceptors (Lipinski definition) is 3. The van der Waals surface area contributed by atoms with Crippen molar-refractivity contribution in [1.29, 1.82) is 0 Å². The van der Waals surface area contributed by atoms with Gasteiger partial charge in [-0.1, -0.05) is 48.5 Å². The predicted molar refractivity (Wildman–Crippen MR) is 112 cm³/mol. The van der Waals surface area contributed by atoms with Gasteiger partial charge in [0.1, 0.15) is 0 Å². The van der Waals surface area contributed by atoms with Crippen LogP contribution < -0.4 is 10.6 Å². The fourth-order valence-electron chi connectivity index (χ4n) is 3.79. The summed E-state index contributed by atoms with van der Waals surface area (Å²) in [5.41, 5.74) is 4.08. The van der Waals surface area contributed by atoms with Crippen LogP contribution in [-0.2, 0) is 9.59 Å². The molecule has 2 heterocycles. The van der Waals surface area contributed by atoms with Crippen molar-refractivity contribution in [2.75, 3.05) is 10.6 Å². The molecule has 2 N–H and O–H groups in total. The maximum Gasteiger partial charge on any atom is 0.234 e. The van der Waals surface area contributed by atoms with Crippen LogP contribution in [0.25, 0.3) is 16.7 Å². The van der Waals surface area contributed by atoms with Gasteiger partial charge < -0.3 is 5.32 Å². The molecule has 0 aliphatic carbocycles. The Morgan fingerprint density at radius 1 is 0.966 bits per heavy atom. The molecule has 29 heavy (non-hydrogen) atoms. The minimum atomic E-state index is -0.566. The Labute approximate surface area is 167 Å². The van der Waals surface area contributed by atoms with Crippen LogP contribution in [0.4, 0.5) is 11.6 Å². The molecule has 3 aromatic carbocycles. The Hall–Kier alpha value is -3.93. The van der Waals surface area contributed by atoms with Gasteiger partial charge in [0.15, 0.2) is 0 Å². The van der Waals surface area contributed by atoms with E-state index in [0.29, 0.717) is 11.6 Å². The summed E-state index contributed by atoms with van der Waals surface area (Å²) in [6, 6.07) is 24.9. The van der Waals surface area contributed by atoms with E-state index >= 15 is 0 Å². The number of benzene rings is 3. The molecule has 1 aromatic heterocycles. The second kappa shape index (κ2) is 6.91. The third-order valence-electron chi connectivity index (χ3n) is 5.13. The molecule has 4 aromatic rings. The van der Waals surface area contributed by atoms with Crippen molar-refractivity contribution in [3.63, 3.8) is 0 Å². The molecule has 6 heteroatoms. The number of rotatable bonds is 3. The fourth-order valence-corrected chi connectivity index (χ4v) is 3.79. The zero-order chi connectivity index (χ0) is 19.8. The fraction of sp³-hybridized carbons (Fsp3) is 0.0870. The molecule has 2 amide bonds. The topological polar surface area (TPSA) is 76.0 Å². The number of carbonyl (C=O) groups is 2. The number of nitrogens with zero attached hydrogens (tertiary/aromatic N) is 2. The zero-order valence-electron chi connectivity index (χ0n) is 15.5. The number of fused-ring (bicyclic) bond motifs is 2. The molecule has 5 rings (SSSR count). The van der Waals surface area contributed by atoms with Gasteiger partial charge in [-0.05, 0) is 35.9 Å². The van der Waals surface area contributed by atoms with Gasteiger partial charge in [-0.25, -0.2) is 4.98 Å². The zero-order valence-corrected chi connectivity index (χ0v) is 15.5. The molecular weight excluding hydrogens is 364 g/mol. The van der Waals surface area contributed by atoms with Gasteiger partial charge in [-0.3, -0.25) is 19.5 Å². The normalized spacial score (nSPS) is 15.6. The maximum absolute atomic E-state index is 13.2. The van der Waals surface area contributed by atoms with Crippen LogP contribution in [0.2, 0.25) is 0 Å². The van der Waals surface area contributed by atoms with E-state index in [2.05, 4.69) is 15.6 Å². The molecule has 0 saturated carbocycles. The number of anilines is 2. The lowest BCUT2D eigenvalue weighted by atomic mass is 9.90. The Bertz CT molecular complexity index is 1230. The van der Waals surface area contributed by atoms with Crippen molar-refractivity contribution >= 4 is 34.5 Å². The summed E-state index contributed by atoms with van der Waals surface area (Å²) in [4.78, 5) is 29.9. The lowest BCUT2D eigenvalue weighted by Crippen LogP contribution is -2.31. The van der Waals surface area contributed by atoms with Crippen molar-refractivity contribution in [3.05, 3.63) is 84.4 Å². The van der Waals surface area contributed by atoms with Crippen LogP contribution in [0.1, 0.15) is 17.9 Å². The largest absolute Gasteiger partial charge is 0.326 e. The molecular formula is C23H18N4O2. The van der Waals surface area contributed by atoms with E-state index in [0.717, 1.165) is 22.3 Å². The number of carbonyl (C=O) groups excluding carboxylic acids is 2. The average molecular weight is 382 g/mol. The van der Waals surface area contributed by atoms with E-state index in [4.69, 9.17) is 0 Å². The minimum Gasteiger partial charge on any atom is -0.326 e. The van der Waals surface area contributed by atoms with Gasteiger partial charge in [0, 0.05) is 17.8 Å². The minimum absolute atomic E-state index is 0.106. The molecule has 0 radical (unpaired) electrons. The number of aromatic nitrogens is 2. The summed E-state index contributed by atoms with van der Waals surface area (Å²) in [7, 11) is 0. The maximum atomic E-state index is 13.2. The Morgan fingerprint density at radius 3 is 2.55 bits per heavy atom. The first kappa shape index (κ1) is 17.2. The molecule has 1 aliphatic heterocycles. The summed E-state index contributed by atoms with van der Waals surface area (Å²) >= 11 is 0. The first-order valence-electron chi connectivity index (χ1n) is 9.43. The van der Waals surface area contributed by atoms with Crippen molar-refractivity contribution < 1.29 is 9.59 Å². The molecule has 1 atom stereocenters. The lowest BCUT2D eigenvalue weighted by molar-refractivity contribution is -0.123. The van der Waals surface area contributed by atoms with Gasteiger partial charge in [0.2, 0.25) is 17.8 Å². The Balaban J connectivity index is 1.56. The molecule has 142 valence electrons. The van der Waals surface area contributed by atoms with Crippen LogP contribution in [-0.4, -0.2) is 21.4 Å². The number of nitrogens with one attached hydrogen (secondary N) is 2. The third kappa shape index (κ3) is 3.04.